The molecule has 1 atom stereocenters. The third kappa shape index (κ3) is 2.87. The number of amides is 2. The molecule has 0 radical (unpaired) electrons. The summed E-state index contributed by atoms with van der Waals surface area (Å²) in [6, 6.07) is 5.67. The van der Waals surface area contributed by atoms with Gasteiger partial charge in [-0.1, -0.05) is 12.1 Å². The Morgan fingerprint density at radius 3 is 3.05 bits per heavy atom. The second-order valence-electron chi connectivity index (χ2n) is 5.31. The molecule has 3 rings (SSSR count). The minimum atomic E-state index is -0.321. The van der Waals surface area contributed by atoms with Crippen molar-refractivity contribution in [1.29, 1.82) is 0 Å². The highest BCUT2D eigenvalue weighted by Gasteiger charge is 2.27. The van der Waals surface area contributed by atoms with Crippen LogP contribution >= 0.6 is 11.7 Å². The van der Waals surface area contributed by atoms with Gasteiger partial charge < -0.3 is 10.6 Å². The zero-order valence-electron chi connectivity index (χ0n) is 11.5. The lowest BCUT2D eigenvalue weighted by Gasteiger charge is -2.31. The zero-order chi connectivity index (χ0) is 14.8. The molecular formula is C14H16N4O2S. The summed E-state index contributed by atoms with van der Waals surface area (Å²) in [5, 5.41) is 0. The molecule has 7 heteroatoms. The molecule has 0 aliphatic carbocycles. The fourth-order valence-electron chi connectivity index (χ4n) is 2.72. The molecule has 1 saturated heterocycles. The van der Waals surface area contributed by atoms with Gasteiger partial charge in [0.1, 0.15) is 11.0 Å². The van der Waals surface area contributed by atoms with Crippen LogP contribution in [0.2, 0.25) is 0 Å². The van der Waals surface area contributed by atoms with Crippen LogP contribution in [0.3, 0.4) is 0 Å². The van der Waals surface area contributed by atoms with E-state index in [0.717, 1.165) is 41.2 Å². The summed E-state index contributed by atoms with van der Waals surface area (Å²) in [5.74, 6) is -0.529. The van der Waals surface area contributed by atoms with Gasteiger partial charge in [0.25, 0.3) is 0 Å². The highest BCUT2D eigenvalue weighted by Crippen LogP contribution is 2.20. The van der Waals surface area contributed by atoms with Crippen LogP contribution in [0.15, 0.2) is 18.2 Å². The smallest absolute Gasteiger partial charge is 0.227 e. The van der Waals surface area contributed by atoms with Gasteiger partial charge in [-0.2, -0.15) is 8.75 Å². The van der Waals surface area contributed by atoms with E-state index in [1.54, 1.807) is 4.90 Å². The number of carbonyl (C=O) groups is 2. The van der Waals surface area contributed by atoms with Crippen molar-refractivity contribution < 1.29 is 9.59 Å². The summed E-state index contributed by atoms with van der Waals surface area (Å²) in [7, 11) is 0. The van der Waals surface area contributed by atoms with Gasteiger partial charge in [0.2, 0.25) is 11.8 Å². The van der Waals surface area contributed by atoms with Crippen molar-refractivity contribution in [2.75, 3.05) is 13.1 Å². The predicted octanol–water partition coefficient (Wildman–Crippen LogP) is 0.958. The van der Waals surface area contributed by atoms with Crippen molar-refractivity contribution in [1.82, 2.24) is 13.6 Å². The lowest BCUT2D eigenvalue weighted by molar-refractivity contribution is -0.134. The Kier molecular flexibility index (Phi) is 3.83. The maximum absolute atomic E-state index is 12.4. The van der Waals surface area contributed by atoms with Gasteiger partial charge in [0.15, 0.2) is 0 Å². The molecule has 2 N–H and O–H groups in total. The molecule has 2 aromatic rings. The maximum Gasteiger partial charge on any atom is 0.227 e. The summed E-state index contributed by atoms with van der Waals surface area (Å²) in [6.07, 6.45) is 1.88. The van der Waals surface area contributed by atoms with E-state index >= 15 is 0 Å². The standard InChI is InChI=1S/C14H16N4O2S/c15-14(20)10-4-2-6-18(8-10)12(19)7-9-3-1-5-11-13(9)17-21-16-11/h1,3,5,10H,2,4,6-8H2,(H2,15,20)/t10-/m0/s1. The molecule has 0 spiro atoms. The normalized spacial score (nSPS) is 18.9. The number of hydrogen-bond acceptors (Lipinski definition) is 5. The zero-order valence-corrected chi connectivity index (χ0v) is 12.3. The molecule has 1 aliphatic heterocycles. The lowest BCUT2D eigenvalue weighted by Crippen LogP contribution is -2.44. The van der Waals surface area contributed by atoms with Gasteiger partial charge in [0.05, 0.1) is 24.1 Å². The Balaban J connectivity index is 1.74. The number of piperidine rings is 1. The SMILES string of the molecule is NC(=O)[C@H]1CCCN(C(=O)Cc2cccc3nsnc23)C1. The molecule has 1 aromatic heterocycles. The number of aromatic nitrogens is 2. The number of primary amides is 1. The van der Waals surface area contributed by atoms with Crippen molar-refractivity contribution in [3.63, 3.8) is 0 Å². The molecule has 110 valence electrons. The number of nitrogens with two attached hydrogens (primary N) is 1. The molecule has 0 saturated carbocycles. The number of benzene rings is 1. The topological polar surface area (TPSA) is 89.2 Å². The predicted molar refractivity (Wildman–Crippen MR) is 79.6 cm³/mol. The minimum absolute atomic E-state index is 0.0152. The van der Waals surface area contributed by atoms with Gasteiger partial charge in [0, 0.05) is 13.1 Å². The van der Waals surface area contributed by atoms with Crippen LogP contribution in [-0.2, 0) is 16.0 Å². The van der Waals surface area contributed by atoms with Gasteiger partial charge in [-0.15, -0.1) is 0 Å². The van der Waals surface area contributed by atoms with E-state index in [1.807, 2.05) is 18.2 Å². The van der Waals surface area contributed by atoms with E-state index in [9.17, 15) is 9.59 Å². The van der Waals surface area contributed by atoms with Crippen LogP contribution in [0.4, 0.5) is 0 Å². The van der Waals surface area contributed by atoms with E-state index in [2.05, 4.69) is 8.75 Å². The van der Waals surface area contributed by atoms with Crippen molar-refractivity contribution >= 4 is 34.6 Å². The first-order chi connectivity index (χ1) is 10.1. The number of hydrogen-bond donors (Lipinski definition) is 1. The molecule has 0 unspecified atom stereocenters. The van der Waals surface area contributed by atoms with Gasteiger partial charge in [-0.25, -0.2) is 0 Å². The van der Waals surface area contributed by atoms with Gasteiger partial charge >= 0.3 is 0 Å². The molecule has 2 amide bonds. The fourth-order valence-corrected chi connectivity index (χ4v) is 3.28. The summed E-state index contributed by atoms with van der Waals surface area (Å²) in [4.78, 5) is 25.5. The average molecular weight is 304 g/mol. The molecule has 1 fully saturated rings. The van der Waals surface area contributed by atoms with Crippen LogP contribution in [0.25, 0.3) is 11.0 Å². The summed E-state index contributed by atoms with van der Waals surface area (Å²) in [6.45, 7) is 1.12. The number of likely N-dealkylation sites (tertiary alicyclic amines) is 1. The fraction of sp³-hybridized carbons (Fsp3) is 0.429. The summed E-state index contributed by atoms with van der Waals surface area (Å²) >= 11 is 1.15. The van der Waals surface area contributed by atoms with Crippen molar-refractivity contribution in [3.05, 3.63) is 23.8 Å². The van der Waals surface area contributed by atoms with Gasteiger partial charge in [-0.05, 0) is 24.5 Å². The van der Waals surface area contributed by atoms with Crippen LogP contribution in [-0.4, -0.2) is 38.6 Å². The van der Waals surface area contributed by atoms with E-state index < -0.39 is 0 Å². The van der Waals surface area contributed by atoms with Crippen LogP contribution < -0.4 is 5.73 Å². The van der Waals surface area contributed by atoms with Crippen molar-refractivity contribution in [2.24, 2.45) is 11.7 Å². The maximum atomic E-state index is 12.4. The quantitative estimate of drug-likeness (QED) is 0.914. The highest BCUT2D eigenvalue weighted by molar-refractivity contribution is 7.00. The number of fused-ring (bicyclic) bond motifs is 1. The molecule has 2 heterocycles. The van der Waals surface area contributed by atoms with E-state index in [-0.39, 0.29) is 24.2 Å². The van der Waals surface area contributed by atoms with Crippen LogP contribution in [0.1, 0.15) is 18.4 Å². The van der Waals surface area contributed by atoms with Crippen LogP contribution in [0.5, 0.6) is 0 Å². The van der Waals surface area contributed by atoms with Gasteiger partial charge in [-0.3, -0.25) is 9.59 Å². The number of carbonyl (C=O) groups excluding carboxylic acids is 2. The van der Waals surface area contributed by atoms with Crippen molar-refractivity contribution in [3.8, 4) is 0 Å². The second-order valence-corrected chi connectivity index (χ2v) is 5.84. The largest absolute Gasteiger partial charge is 0.369 e. The highest BCUT2D eigenvalue weighted by atomic mass is 32.1. The second kappa shape index (κ2) is 5.77. The Morgan fingerprint density at radius 1 is 1.38 bits per heavy atom. The Morgan fingerprint density at radius 2 is 2.24 bits per heavy atom. The first kappa shape index (κ1) is 13.9. The molecule has 21 heavy (non-hydrogen) atoms. The van der Waals surface area contributed by atoms with Crippen LogP contribution in [0, 0.1) is 5.92 Å². The summed E-state index contributed by atoms with van der Waals surface area (Å²) < 4.78 is 8.42. The number of rotatable bonds is 3. The number of nitrogens with zero attached hydrogens (tertiary/aromatic N) is 3. The van der Waals surface area contributed by atoms with E-state index in [4.69, 9.17) is 5.73 Å². The first-order valence-corrected chi connectivity index (χ1v) is 7.65. The average Bonchev–Trinajstić information content (AvgIpc) is 2.97. The third-order valence-electron chi connectivity index (χ3n) is 3.89. The molecular weight excluding hydrogens is 288 g/mol. The lowest BCUT2D eigenvalue weighted by atomic mass is 9.97. The monoisotopic (exact) mass is 304 g/mol. The van der Waals surface area contributed by atoms with E-state index in [0.29, 0.717) is 13.1 Å². The minimum Gasteiger partial charge on any atom is -0.369 e. The Bertz CT molecular complexity index is 684. The molecule has 1 aromatic carbocycles. The molecule has 0 bridgehead atoms. The Labute approximate surface area is 126 Å². The Hall–Kier alpha value is -2.02. The third-order valence-corrected chi connectivity index (χ3v) is 4.43. The van der Waals surface area contributed by atoms with E-state index in [1.165, 1.54) is 0 Å². The first-order valence-electron chi connectivity index (χ1n) is 6.92. The molecule has 1 aliphatic rings. The summed E-state index contributed by atoms with van der Waals surface area (Å²) in [5.41, 5.74) is 7.84. The van der Waals surface area contributed by atoms with Crippen molar-refractivity contribution in [2.45, 2.75) is 19.3 Å². The molecule has 6 nitrogen and oxygen atoms in total.